The molecule has 0 spiro atoms. The fourth-order valence-electron chi connectivity index (χ4n) is 3.36. The van der Waals surface area contributed by atoms with Crippen LogP contribution in [-0.2, 0) is 17.1 Å². The van der Waals surface area contributed by atoms with Crippen molar-refractivity contribution in [3.8, 4) is 0 Å². The van der Waals surface area contributed by atoms with Gasteiger partial charge in [-0.05, 0) is 47.1 Å². The Hall–Kier alpha value is 0.609. The van der Waals surface area contributed by atoms with Crippen LogP contribution in [0.1, 0.15) is 12.8 Å². The molecule has 0 aliphatic carbocycles. The van der Waals surface area contributed by atoms with Crippen LogP contribution in [0.15, 0.2) is 0 Å². The number of hydrogen-bond donors (Lipinski definition) is 0. The van der Waals surface area contributed by atoms with Gasteiger partial charge in [0.25, 0.3) is 0 Å². The van der Waals surface area contributed by atoms with Crippen molar-refractivity contribution in [2.75, 3.05) is 93.1 Å². The van der Waals surface area contributed by atoms with Gasteiger partial charge in [-0.2, -0.15) is 0 Å². The summed E-state index contributed by atoms with van der Waals surface area (Å²) >= 11 is 6.75. The summed E-state index contributed by atoms with van der Waals surface area (Å²) in [5.41, 5.74) is 0.152. The van der Waals surface area contributed by atoms with Gasteiger partial charge in [0.1, 0.15) is 0 Å². The van der Waals surface area contributed by atoms with Crippen molar-refractivity contribution in [1.29, 1.82) is 0 Å². The predicted octanol–water partition coefficient (Wildman–Crippen LogP) is 0.756. The summed E-state index contributed by atoms with van der Waals surface area (Å²) in [7, 11) is 6.73. The molecule has 2 fully saturated rings. The van der Waals surface area contributed by atoms with Crippen molar-refractivity contribution in [1.82, 2.24) is 24.5 Å². The van der Waals surface area contributed by atoms with Crippen LogP contribution in [-0.4, -0.2) is 123 Å². The monoisotopic (exact) mass is 400 g/mol. The third-order valence-corrected chi connectivity index (χ3v) is 5.79. The zero-order valence-corrected chi connectivity index (χ0v) is 17.7. The number of likely N-dealkylation sites (N-methyl/N-ethyl adjacent to an activating group) is 3. The van der Waals surface area contributed by atoms with Gasteiger partial charge in [0, 0.05) is 76.0 Å². The molecule has 143 valence electrons. The summed E-state index contributed by atoms with van der Waals surface area (Å²) in [4.78, 5) is 12.5. The number of alkyl halides is 1. The van der Waals surface area contributed by atoms with E-state index in [2.05, 4.69) is 45.6 Å². The number of nitrogens with zero attached hydrogens (tertiary/aromatic N) is 5. The van der Waals surface area contributed by atoms with E-state index in [1.807, 2.05) is 0 Å². The Morgan fingerprint density at radius 1 is 0.625 bits per heavy atom. The quantitative estimate of drug-likeness (QED) is 0.257. The van der Waals surface area contributed by atoms with Crippen LogP contribution in [0, 0.1) is 0 Å². The van der Waals surface area contributed by atoms with Crippen LogP contribution in [0.2, 0.25) is 0 Å². The molecule has 0 aromatic rings. The fourth-order valence-corrected chi connectivity index (χ4v) is 3.65. The summed E-state index contributed by atoms with van der Waals surface area (Å²) in [5.74, 6) is 0. The van der Waals surface area contributed by atoms with Crippen LogP contribution in [0.25, 0.3) is 0 Å². The molecule has 3 atom stereocenters. The van der Waals surface area contributed by atoms with E-state index >= 15 is 0 Å². The Kier molecular flexibility index (Phi) is 11.4. The molecule has 2 aliphatic rings. The smallest absolute Gasteiger partial charge is 0.0863 e. The molecule has 0 aromatic carbocycles. The molecule has 0 amide bonds. The third kappa shape index (κ3) is 8.33. The number of fused-ring (bicyclic) bond motifs is 6. The minimum absolute atomic E-state index is 0. The van der Waals surface area contributed by atoms with Gasteiger partial charge >= 0.3 is 0 Å². The van der Waals surface area contributed by atoms with E-state index in [1.54, 1.807) is 0 Å². The van der Waals surface area contributed by atoms with Gasteiger partial charge in [-0.15, -0.1) is 11.6 Å². The fraction of sp³-hybridized carbons (Fsp3) is 1.00. The first-order valence-electron chi connectivity index (χ1n) is 9.20. The molecular weight excluding hydrogens is 365 g/mol. The Balaban J connectivity index is 0.00000288. The Labute approximate surface area is 164 Å². The second kappa shape index (κ2) is 12.1. The van der Waals surface area contributed by atoms with Crippen LogP contribution in [0.3, 0.4) is 0 Å². The molecule has 2 bridgehead atoms. The molecule has 3 unspecified atom stereocenters. The maximum atomic E-state index is 6.75. The summed E-state index contributed by atoms with van der Waals surface area (Å²) < 4.78 is 0. The maximum absolute atomic E-state index is 6.75. The zero-order valence-electron chi connectivity index (χ0n) is 15.8. The minimum atomic E-state index is 0. The van der Waals surface area contributed by atoms with Gasteiger partial charge < -0.3 is 19.6 Å². The average Bonchev–Trinajstić information content (AvgIpc) is 2.54. The molecule has 0 aromatic heterocycles. The van der Waals surface area contributed by atoms with Gasteiger partial charge in [0.05, 0.1) is 5.50 Å². The van der Waals surface area contributed by atoms with Crippen molar-refractivity contribution >= 4 is 11.6 Å². The average molecular weight is 401 g/mol. The van der Waals surface area contributed by atoms with Gasteiger partial charge in [-0.25, -0.2) is 0 Å². The number of hydrogen-bond acceptors (Lipinski definition) is 5. The standard InChI is InChI=1S/C17H36ClN5.Mn/c1-19-6-4-7-22-13-9-20(2)8-5-17(18)23(15-11-19)16-12-21(3)10-14-22;/h17H,4-16H2,1-3H3;. The van der Waals surface area contributed by atoms with Crippen LogP contribution in [0.5, 0.6) is 0 Å². The van der Waals surface area contributed by atoms with Crippen LogP contribution in [0.4, 0.5) is 0 Å². The zero-order chi connectivity index (χ0) is 16.7. The molecule has 1 radical (unpaired) electrons. The number of rotatable bonds is 0. The molecule has 2 saturated heterocycles. The van der Waals surface area contributed by atoms with E-state index in [-0.39, 0.29) is 22.6 Å². The molecule has 2 aliphatic heterocycles. The first-order valence-corrected chi connectivity index (χ1v) is 9.64. The molecule has 0 saturated carbocycles. The minimum Gasteiger partial charge on any atom is -0.305 e. The third-order valence-electron chi connectivity index (χ3n) is 5.29. The summed E-state index contributed by atoms with van der Waals surface area (Å²) in [6, 6.07) is 0. The van der Waals surface area contributed by atoms with Gasteiger partial charge in [-0.1, -0.05) is 0 Å². The van der Waals surface area contributed by atoms with Crippen molar-refractivity contribution in [3.05, 3.63) is 0 Å². The Bertz CT molecular complexity index is 334. The van der Waals surface area contributed by atoms with Crippen LogP contribution >= 0.6 is 11.6 Å². The molecule has 5 nitrogen and oxygen atoms in total. The summed E-state index contributed by atoms with van der Waals surface area (Å²) in [5, 5.41) is 0. The molecule has 2 heterocycles. The van der Waals surface area contributed by atoms with E-state index < -0.39 is 0 Å². The van der Waals surface area contributed by atoms with Crippen molar-refractivity contribution in [2.24, 2.45) is 0 Å². The van der Waals surface area contributed by atoms with E-state index in [4.69, 9.17) is 11.6 Å². The van der Waals surface area contributed by atoms with E-state index in [0.29, 0.717) is 0 Å². The molecular formula is C17H36ClMnN5. The Morgan fingerprint density at radius 2 is 1.12 bits per heavy atom. The van der Waals surface area contributed by atoms with Crippen LogP contribution < -0.4 is 0 Å². The SMILES string of the molecule is CN1CCC(Cl)N2CCN(C)CCCN(CC1)CCN(C)CC2.[Mn]. The first-order chi connectivity index (χ1) is 11.0. The van der Waals surface area contributed by atoms with Gasteiger partial charge in [0.2, 0.25) is 0 Å². The molecule has 0 N–H and O–H groups in total. The second-order valence-electron chi connectivity index (χ2n) is 7.36. The van der Waals surface area contributed by atoms with E-state index in [9.17, 15) is 0 Å². The van der Waals surface area contributed by atoms with Crippen molar-refractivity contribution in [3.63, 3.8) is 0 Å². The normalized spacial score (nSPS) is 33.8. The maximum Gasteiger partial charge on any atom is 0.0863 e. The van der Waals surface area contributed by atoms with Gasteiger partial charge in [0.15, 0.2) is 0 Å². The molecule has 7 heteroatoms. The predicted molar refractivity (Wildman–Crippen MR) is 99.4 cm³/mol. The second-order valence-corrected chi connectivity index (χ2v) is 7.87. The largest absolute Gasteiger partial charge is 0.305 e. The molecule has 2 rings (SSSR count). The van der Waals surface area contributed by atoms with E-state index in [1.165, 1.54) is 32.6 Å². The number of halogens is 1. The summed E-state index contributed by atoms with van der Waals surface area (Å²) in [6.07, 6.45) is 2.31. The van der Waals surface area contributed by atoms with Crippen molar-refractivity contribution in [2.45, 2.75) is 18.3 Å². The molecule has 24 heavy (non-hydrogen) atoms. The van der Waals surface area contributed by atoms with E-state index in [0.717, 1.165) is 52.2 Å². The topological polar surface area (TPSA) is 16.2 Å². The van der Waals surface area contributed by atoms with Gasteiger partial charge in [-0.3, -0.25) is 4.90 Å². The Morgan fingerprint density at radius 3 is 1.75 bits per heavy atom. The first kappa shape index (κ1) is 22.7. The summed E-state index contributed by atoms with van der Waals surface area (Å²) in [6.45, 7) is 12.5. The van der Waals surface area contributed by atoms with Crippen molar-refractivity contribution < 1.29 is 17.1 Å².